The van der Waals surface area contributed by atoms with Crippen molar-refractivity contribution in [2.75, 3.05) is 32.1 Å². The molecular formula is C15H16Br4F3NO4S. The summed E-state index contributed by atoms with van der Waals surface area (Å²) < 4.78 is 45.7. The van der Waals surface area contributed by atoms with Gasteiger partial charge in [-0.05, 0) is 69.8 Å². The van der Waals surface area contributed by atoms with Gasteiger partial charge in [0.05, 0.1) is 22.2 Å². The van der Waals surface area contributed by atoms with Gasteiger partial charge in [-0.3, -0.25) is 4.79 Å². The first-order valence-corrected chi connectivity index (χ1v) is 12.0. The lowest BCUT2D eigenvalue weighted by molar-refractivity contribution is -0.195. The van der Waals surface area contributed by atoms with Crippen molar-refractivity contribution in [3.63, 3.8) is 0 Å². The number of ether oxygens (including phenoxy) is 1. The van der Waals surface area contributed by atoms with Gasteiger partial charge >= 0.3 is 6.11 Å². The highest BCUT2D eigenvalue weighted by molar-refractivity contribution is 9.11. The zero-order valence-corrected chi connectivity index (χ0v) is 21.3. The van der Waals surface area contributed by atoms with Crippen LogP contribution in [0.5, 0.6) is 5.75 Å². The van der Waals surface area contributed by atoms with Crippen LogP contribution in [0.2, 0.25) is 0 Å². The van der Waals surface area contributed by atoms with Gasteiger partial charge in [-0.25, -0.2) is 4.39 Å². The molecule has 0 radical (unpaired) electrons. The number of alkyl halides is 4. The first-order chi connectivity index (χ1) is 13.0. The molecule has 13 heteroatoms. The van der Waals surface area contributed by atoms with Gasteiger partial charge in [-0.15, -0.1) is 11.8 Å². The monoisotopic (exact) mass is 679 g/mol. The third-order valence-corrected chi connectivity index (χ3v) is 7.38. The Morgan fingerprint density at radius 2 is 1.79 bits per heavy atom. The molecule has 0 saturated carbocycles. The van der Waals surface area contributed by atoms with Crippen LogP contribution in [0.3, 0.4) is 0 Å². The molecule has 160 valence electrons. The highest BCUT2D eigenvalue weighted by Gasteiger charge is 2.42. The SMILES string of the molecule is O=C(CCSc1c(Br)cc(Br)c(OC(F)(F)C(F)Br)c1Br)N(CCO)CCO. The first kappa shape index (κ1) is 26.5. The maximum atomic E-state index is 13.6. The van der Waals surface area contributed by atoms with Gasteiger partial charge in [-0.1, -0.05) is 0 Å². The lowest BCUT2D eigenvalue weighted by Gasteiger charge is -2.22. The Hall–Kier alpha value is 0.470. The van der Waals surface area contributed by atoms with Gasteiger partial charge in [0, 0.05) is 34.6 Å². The van der Waals surface area contributed by atoms with Crippen LogP contribution in [0.25, 0.3) is 0 Å². The number of thioether (sulfide) groups is 1. The summed E-state index contributed by atoms with van der Waals surface area (Å²) in [7, 11) is 0. The Bertz CT molecular complexity index is 679. The van der Waals surface area contributed by atoms with Crippen LogP contribution < -0.4 is 4.74 Å². The van der Waals surface area contributed by atoms with Gasteiger partial charge in [0.1, 0.15) is 0 Å². The number of carbonyl (C=O) groups excluding carboxylic acids is 1. The lowest BCUT2D eigenvalue weighted by Crippen LogP contribution is -2.36. The maximum Gasteiger partial charge on any atom is 0.440 e. The average molecular weight is 683 g/mol. The van der Waals surface area contributed by atoms with Crippen molar-refractivity contribution in [1.82, 2.24) is 4.90 Å². The Labute approximate surface area is 197 Å². The van der Waals surface area contributed by atoms with Crippen molar-refractivity contribution in [2.24, 2.45) is 0 Å². The summed E-state index contributed by atoms with van der Waals surface area (Å²) in [4.78, 5) is 14.0. The van der Waals surface area contributed by atoms with Crippen molar-refractivity contribution >= 4 is 81.4 Å². The molecule has 0 saturated heterocycles. The fourth-order valence-electron chi connectivity index (χ4n) is 1.96. The molecule has 5 nitrogen and oxygen atoms in total. The van der Waals surface area contributed by atoms with Crippen LogP contribution in [-0.4, -0.2) is 64.3 Å². The van der Waals surface area contributed by atoms with Crippen molar-refractivity contribution in [3.8, 4) is 5.75 Å². The molecule has 0 spiro atoms. The van der Waals surface area contributed by atoms with Gasteiger partial charge in [-0.2, -0.15) is 8.78 Å². The molecule has 0 fully saturated rings. The summed E-state index contributed by atoms with van der Waals surface area (Å²) in [5.74, 6) is -0.251. The number of aliphatic hydroxyl groups excluding tert-OH is 2. The van der Waals surface area contributed by atoms with E-state index in [4.69, 9.17) is 10.2 Å². The normalized spacial score (nSPS) is 12.8. The quantitative estimate of drug-likeness (QED) is 0.256. The molecule has 2 N–H and O–H groups in total. The molecule has 0 aliphatic heterocycles. The van der Waals surface area contributed by atoms with E-state index in [9.17, 15) is 18.0 Å². The van der Waals surface area contributed by atoms with Gasteiger partial charge < -0.3 is 19.8 Å². The second kappa shape index (κ2) is 12.4. The van der Waals surface area contributed by atoms with E-state index in [1.165, 1.54) is 22.7 Å². The van der Waals surface area contributed by atoms with Crippen LogP contribution in [-0.2, 0) is 4.79 Å². The summed E-state index contributed by atoms with van der Waals surface area (Å²) in [6.07, 6.45) is -3.99. The van der Waals surface area contributed by atoms with Crippen LogP contribution in [0.15, 0.2) is 24.4 Å². The molecule has 1 aromatic rings. The zero-order valence-electron chi connectivity index (χ0n) is 14.1. The predicted octanol–water partition coefficient (Wildman–Crippen LogP) is 4.93. The number of aliphatic hydroxyl groups is 2. The minimum atomic E-state index is -4.09. The van der Waals surface area contributed by atoms with Crippen LogP contribution in [0, 0.1) is 0 Å². The number of nitrogens with zero attached hydrogens (tertiary/aromatic N) is 1. The summed E-state index contributed by atoms with van der Waals surface area (Å²) in [5.41, 5.74) is 0. The van der Waals surface area contributed by atoms with E-state index >= 15 is 0 Å². The average Bonchev–Trinajstić information content (AvgIpc) is 2.61. The summed E-state index contributed by atoms with van der Waals surface area (Å²) in [6.45, 7) is -0.221. The zero-order chi connectivity index (χ0) is 21.5. The molecule has 0 aliphatic rings. The number of amides is 1. The Morgan fingerprint density at radius 3 is 2.29 bits per heavy atom. The molecule has 1 rings (SSSR count). The fourth-order valence-corrected chi connectivity index (χ4v) is 5.92. The van der Waals surface area contributed by atoms with E-state index in [2.05, 4.69) is 68.5 Å². The highest BCUT2D eigenvalue weighted by atomic mass is 79.9. The minimum absolute atomic E-state index is 0.0971. The molecule has 1 atom stereocenters. The molecule has 1 unspecified atom stereocenters. The number of benzene rings is 1. The first-order valence-electron chi connectivity index (χ1n) is 7.69. The number of hydrogen-bond donors (Lipinski definition) is 2. The Morgan fingerprint density at radius 1 is 1.21 bits per heavy atom. The Balaban J connectivity index is 2.91. The minimum Gasteiger partial charge on any atom is -0.427 e. The third kappa shape index (κ3) is 7.62. The van der Waals surface area contributed by atoms with Crippen molar-refractivity contribution in [1.29, 1.82) is 0 Å². The fraction of sp³-hybridized carbons (Fsp3) is 0.533. The van der Waals surface area contributed by atoms with E-state index in [0.29, 0.717) is 15.1 Å². The van der Waals surface area contributed by atoms with Crippen LogP contribution in [0.1, 0.15) is 6.42 Å². The standard InChI is InChI=1S/C15H16Br4F3NO4S/c16-8-7-9(17)13(11(18)12(8)27-15(21,22)14(19)20)28-6-1-10(26)23(2-4-24)3-5-25/h7,14,24-25H,1-6H2. The summed E-state index contributed by atoms with van der Waals surface area (Å²) >= 11 is 13.0. The second-order valence-corrected chi connectivity index (χ2v) is 9.61. The molecular weight excluding hydrogens is 667 g/mol. The summed E-state index contributed by atoms with van der Waals surface area (Å²) in [5, 5.41) is 15.3. The maximum absolute atomic E-state index is 13.6. The lowest BCUT2D eigenvalue weighted by atomic mass is 10.3. The number of rotatable bonds is 11. The van der Waals surface area contributed by atoms with Crippen molar-refractivity contribution in [2.45, 2.75) is 22.5 Å². The molecule has 0 bridgehead atoms. The number of halogens is 7. The molecule has 0 heterocycles. The number of carbonyl (C=O) groups is 1. The van der Waals surface area contributed by atoms with Crippen molar-refractivity contribution in [3.05, 3.63) is 19.5 Å². The predicted molar refractivity (Wildman–Crippen MR) is 115 cm³/mol. The van der Waals surface area contributed by atoms with E-state index < -0.39 is 11.2 Å². The molecule has 28 heavy (non-hydrogen) atoms. The van der Waals surface area contributed by atoms with Crippen LogP contribution in [0.4, 0.5) is 13.2 Å². The number of hydrogen-bond acceptors (Lipinski definition) is 5. The summed E-state index contributed by atoms with van der Waals surface area (Å²) in [6, 6.07) is 1.48. The van der Waals surface area contributed by atoms with E-state index in [-0.39, 0.29) is 53.3 Å². The van der Waals surface area contributed by atoms with Gasteiger partial charge in [0.15, 0.2) is 5.75 Å². The van der Waals surface area contributed by atoms with Crippen molar-refractivity contribution < 1.29 is 32.9 Å². The molecule has 1 amide bonds. The molecule has 0 aromatic heterocycles. The van der Waals surface area contributed by atoms with E-state index in [1.807, 2.05) is 0 Å². The van der Waals surface area contributed by atoms with E-state index in [1.54, 1.807) is 0 Å². The largest absolute Gasteiger partial charge is 0.440 e. The van der Waals surface area contributed by atoms with Gasteiger partial charge in [0.2, 0.25) is 5.91 Å². The highest BCUT2D eigenvalue weighted by Crippen LogP contribution is 2.47. The molecule has 0 aliphatic carbocycles. The smallest absolute Gasteiger partial charge is 0.427 e. The van der Waals surface area contributed by atoms with Gasteiger partial charge in [0.25, 0.3) is 5.08 Å². The van der Waals surface area contributed by atoms with E-state index in [0.717, 1.165) is 0 Å². The topological polar surface area (TPSA) is 70.0 Å². The third-order valence-electron chi connectivity index (χ3n) is 3.23. The Kier molecular flexibility index (Phi) is 11.7. The second-order valence-electron chi connectivity index (χ2n) is 5.20. The molecule has 1 aromatic carbocycles. The van der Waals surface area contributed by atoms with Crippen LogP contribution >= 0.6 is 75.5 Å².